The second-order valence-electron chi connectivity index (χ2n) is 4.65. The van der Waals surface area contributed by atoms with Gasteiger partial charge in [0.15, 0.2) is 5.65 Å². The summed E-state index contributed by atoms with van der Waals surface area (Å²) in [5.41, 5.74) is 8.68. The highest BCUT2D eigenvalue weighted by atomic mass is 32.1. The van der Waals surface area contributed by atoms with Gasteiger partial charge < -0.3 is 10.3 Å². The lowest BCUT2D eigenvalue weighted by atomic mass is 10.2. The zero-order valence-corrected chi connectivity index (χ0v) is 11.8. The number of pyridine rings is 1. The van der Waals surface area contributed by atoms with Gasteiger partial charge in [0.1, 0.15) is 11.3 Å². The minimum Gasteiger partial charge on any atom is -0.393 e. The van der Waals surface area contributed by atoms with Gasteiger partial charge in [-0.25, -0.2) is 9.97 Å². The van der Waals surface area contributed by atoms with Crippen LogP contribution in [-0.4, -0.2) is 19.5 Å². The van der Waals surface area contributed by atoms with E-state index in [-0.39, 0.29) is 5.92 Å². The second-order valence-corrected chi connectivity index (χ2v) is 5.12. The van der Waals surface area contributed by atoms with Gasteiger partial charge in [-0.15, -0.1) is 0 Å². The summed E-state index contributed by atoms with van der Waals surface area (Å²) in [6.07, 6.45) is 2.74. The Morgan fingerprint density at radius 2 is 2.28 bits per heavy atom. The van der Waals surface area contributed by atoms with Crippen LogP contribution in [0.2, 0.25) is 0 Å². The molecule has 2 rings (SSSR count). The minimum absolute atomic E-state index is 0.144. The lowest BCUT2D eigenvalue weighted by Gasteiger charge is -2.13. The zero-order chi connectivity index (χ0) is 13.3. The molecule has 0 radical (unpaired) electrons. The van der Waals surface area contributed by atoms with Crippen LogP contribution in [0.25, 0.3) is 11.2 Å². The summed E-state index contributed by atoms with van der Waals surface area (Å²) in [5.74, 6) is 1.18. The fourth-order valence-corrected chi connectivity index (χ4v) is 2.06. The molecule has 0 amide bonds. The van der Waals surface area contributed by atoms with Crippen LogP contribution < -0.4 is 5.73 Å². The van der Waals surface area contributed by atoms with Gasteiger partial charge in [-0.3, -0.25) is 0 Å². The highest BCUT2D eigenvalue weighted by Crippen LogP contribution is 2.17. The van der Waals surface area contributed by atoms with E-state index in [1.807, 2.05) is 20.0 Å². The van der Waals surface area contributed by atoms with Crippen molar-refractivity contribution in [2.45, 2.75) is 33.7 Å². The number of fused-ring (bicyclic) bond motifs is 1. The second kappa shape index (κ2) is 5.02. The number of hydrogen-bond acceptors (Lipinski definition) is 3. The van der Waals surface area contributed by atoms with Gasteiger partial charge in [0.05, 0.1) is 4.99 Å². The Bertz CT molecular complexity index is 588. The molecule has 0 aliphatic heterocycles. The lowest BCUT2D eigenvalue weighted by molar-refractivity contribution is 0.586. The van der Waals surface area contributed by atoms with Gasteiger partial charge in [0, 0.05) is 25.1 Å². The average molecular weight is 262 g/mol. The van der Waals surface area contributed by atoms with Crippen LogP contribution in [0.15, 0.2) is 12.3 Å². The van der Waals surface area contributed by atoms with Crippen LogP contribution in [0.3, 0.4) is 0 Å². The standard InChI is InChI=1S/C13H18N4S/c1-4-11-16-10-5-8(2)6-15-13(10)17(11)7-9(3)12(14)18/h5-6,9H,4,7H2,1-3H3,(H2,14,18). The smallest absolute Gasteiger partial charge is 0.160 e. The van der Waals surface area contributed by atoms with E-state index < -0.39 is 0 Å². The maximum absolute atomic E-state index is 5.69. The molecule has 0 aliphatic carbocycles. The fourth-order valence-electron chi connectivity index (χ4n) is 1.98. The van der Waals surface area contributed by atoms with E-state index in [2.05, 4.69) is 27.5 Å². The first kappa shape index (κ1) is 13.0. The largest absolute Gasteiger partial charge is 0.393 e. The van der Waals surface area contributed by atoms with E-state index in [1.54, 1.807) is 0 Å². The summed E-state index contributed by atoms with van der Waals surface area (Å²) in [6.45, 7) is 6.89. The summed E-state index contributed by atoms with van der Waals surface area (Å²) < 4.78 is 2.12. The maximum Gasteiger partial charge on any atom is 0.160 e. The predicted molar refractivity (Wildman–Crippen MR) is 77.6 cm³/mol. The first-order valence-electron chi connectivity index (χ1n) is 6.14. The number of nitrogens with zero attached hydrogens (tertiary/aromatic N) is 3. The summed E-state index contributed by atoms with van der Waals surface area (Å²) >= 11 is 5.04. The summed E-state index contributed by atoms with van der Waals surface area (Å²) in [4.78, 5) is 9.63. The van der Waals surface area contributed by atoms with Crippen LogP contribution in [-0.2, 0) is 13.0 Å². The maximum atomic E-state index is 5.69. The van der Waals surface area contributed by atoms with Crippen molar-refractivity contribution in [1.29, 1.82) is 0 Å². The molecule has 1 atom stereocenters. The molecule has 0 aromatic carbocycles. The van der Waals surface area contributed by atoms with Crippen LogP contribution >= 0.6 is 12.2 Å². The van der Waals surface area contributed by atoms with Gasteiger partial charge in [-0.2, -0.15) is 0 Å². The topological polar surface area (TPSA) is 56.7 Å². The number of nitrogens with two attached hydrogens (primary N) is 1. The van der Waals surface area contributed by atoms with Crippen molar-refractivity contribution in [2.75, 3.05) is 0 Å². The van der Waals surface area contributed by atoms with E-state index in [0.717, 1.165) is 35.5 Å². The average Bonchev–Trinajstić information content (AvgIpc) is 2.66. The Balaban J connectivity index is 2.50. The minimum atomic E-state index is 0.144. The normalized spacial score (nSPS) is 12.8. The van der Waals surface area contributed by atoms with Crippen LogP contribution in [0.5, 0.6) is 0 Å². The molecule has 2 heterocycles. The van der Waals surface area contributed by atoms with E-state index in [4.69, 9.17) is 18.0 Å². The highest BCUT2D eigenvalue weighted by Gasteiger charge is 2.14. The van der Waals surface area contributed by atoms with E-state index in [0.29, 0.717) is 4.99 Å². The Morgan fingerprint density at radius 3 is 2.89 bits per heavy atom. The number of thiocarbonyl (C=S) groups is 1. The number of aryl methyl sites for hydroxylation is 2. The Hall–Kier alpha value is -1.49. The molecular formula is C13H18N4S. The van der Waals surface area contributed by atoms with Crippen molar-refractivity contribution in [3.8, 4) is 0 Å². The molecular weight excluding hydrogens is 244 g/mol. The third kappa shape index (κ3) is 2.36. The SMILES string of the molecule is CCc1nc2cc(C)cnc2n1CC(C)C(N)=S. The van der Waals surface area contributed by atoms with Gasteiger partial charge in [0.2, 0.25) is 0 Å². The first-order chi connectivity index (χ1) is 8.52. The number of aromatic nitrogens is 3. The van der Waals surface area contributed by atoms with Crippen molar-refractivity contribution in [3.05, 3.63) is 23.7 Å². The molecule has 0 saturated heterocycles. The molecule has 4 nitrogen and oxygen atoms in total. The number of imidazole rings is 1. The molecule has 0 spiro atoms. The number of hydrogen-bond donors (Lipinski definition) is 1. The Labute approximate surface area is 112 Å². The van der Waals surface area contributed by atoms with Crippen LogP contribution in [0.1, 0.15) is 25.2 Å². The Kier molecular flexibility index (Phi) is 3.61. The molecule has 0 bridgehead atoms. The molecule has 2 aromatic heterocycles. The third-order valence-electron chi connectivity index (χ3n) is 3.06. The highest BCUT2D eigenvalue weighted by molar-refractivity contribution is 7.80. The third-order valence-corrected chi connectivity index (χ3v) is 3.46. The van der Waals surface area contributed by atoms with Gasteiger partial charge in [0.25, 0.3) is 0 Å². The molecule has 96 valence electrons. The molecule has 5 heteroatoms. The van der Waals surface area contributed by atoms with Crippen molar-refractivity contribution >= 4 is 28.4 Å². The van der Waals surface area contributed by atoms with Crippen molar-refractivity contribution < 1.29 is 0 Å². The molecule has 2 N–H and O–H groups in total. The van der Waals surface area contributed by atoms with Gasteiger partial charge in [-0.05, 0) is 18.6 Å². The van der Waals surface area contributed by atoms with Crippen molar-refractivity contribution in [3.63, 3.8) is 0 Å². The zero-order valence-electron chi connectivity index (χ0n) is 11.0. The van der Waals surface area contributed by atoms with Crippen molar-refractivity contribution in [2.24, 2.45) is 11.7 Å². The molecule has 0 saturated carbocycles. The van der Waals surface area contributed by atoms with E-state index in [1.165, 1.54) is 0 Å². The van der Waals surface area contributed by atoms with E-state index in [9.17, 15) is 0 Å². The van der Waals surface area contributed by atoms with Crippen LogP contribution in [0, 0.1) is 12.8 Å². The van der Waals surface area contributed by atoms with Crippen LogP contribution in [0.4, 0.5) is 0 Å². The number of rotatable bonds is 4. The van der Waals surface area contributed by atoms with Gasteiger partial charge in [-0.1, -0.05) is 26.1 Å². The molecule has 0 aliphatic rings. The van der Waals surface area contributed by atoms with E-state index >= 15 is 0 Å². The van der Waals surface area contributed by atoms with Crippen molar-refractivity contribution in [1.82, 2.24) is 14.5 Å². The van der Waals surface area contributed by atoms with Gasteiger partial charge >= 0.3 is 0 Å². The Morgan fingerprint density at radius 1 is 1.56 bits per heavy atom. The molecule has 18 heavy (non-hydrogen) atoms. The first-order valence-corrected chi connectivity index (χ1v) is 6.54. The summed E-state index contributed by atoms with van der Waals surface area (Å²) in [6, 6.07) is 2.06. The molecule has 0 fully saturated rings. The predicted octanol–water partition coefficient (Wildman–Crippen LogP) is 2.22. The quantitative estimate of drug-likeness (QED) is 0.858. The summed E-state index contributed by atoms with van der Waals surface area (Å²) in [7, 11) is 0. The fraction of sp³-hybridized carbons (Fsp3) is 0.462. The summed E-state index contributed by atoms with van der Waals surface area (Å²) in [5, 5.41) is 0. The molecule has 1 unspecified atom stereocenters. The lowest BCUT2D eigenvalue weighted by Crippen LogP contribution is -2.23. The molecule has 2 aromatic rings. The monoisotopic (exact) mass is 262 g/mol.